The van der Waals surface area contributed by atoms with E-state index in [2.05, 4.69) is 6.07 Å². The number of hydrogen-bond acceptors (Lipinski definition) is 3. The van der Waals surface area contributed by atoms with Crippen LogP contribution in [0.5, 0.6) is 0 Å². The van der Waals surface area contributed by atoms with Gasteiger partial charge in [-0.15, -0.1) is 0 Å². The first-order valence-corrected chi connectivity index (χ1v) is 5.70. The van der Waals surface area contributed by atoms with Crippen molar-refractivity contribution in [2.75, 3.05) is 25.7 Å². The number of nitrogens with zero attached hydrogens (tertiary/aromatic N) is 1. The standard InChI is InChI=1S/C13H17NO3/c1-16-13(17-2)9-14-11-6-4-3-5-10(11)7-8-12(14)15/h3-6,13H,7-9H2,1-2H3. The molecule has 1 aliphatic heterocycles. The maximum absolute atomic E-state index is 11.9. The number of fused-ring (bicyclic) bond motifs is 1. The summed E-state index contributed by atoms with van der Waals surface area (Å²) in [6, 6.07) is 7.97. The number of carbonyl (C=O) groups excluding carboxylic acids is 1. The van der Waals surface area contributed by atoms with E-state index < -0.39 is 0 Å². The Hall–Kier alpha value is -1.39. The number of benzene rings is 1. The van der Waals surface area contributed by atoms with Crippen LogP contribution in [0.1, 0.15) is 12.0 Å². The van der Waals surface area contributed by atoms with E-state index in [1.165, 1.54) is 5.56 Å². The molecule has 0 atom stereocenters. The van der Waals surface area contributed by atoms with Gasteiger partial charge < -0.3 is 14.4 Å². The van der Waals surface area contributed by atoms with Gasteiger partial charge in [0.25, 0.3) is 0 Å². The Kier molecular flexibility index (Phi) is 3.76. The van der Waals surface area contributed by atoms with Crippen molar-refractivity contribution in [3.63, 3.8) is 0 Å². The number of anilines is 1. The summed E-state index contributed by atoms with van der Waals surface area (Å²) in [7, 11) is 3.16. The predicted octanol–water partition coefficient (Wildman–Crippen LogP) is 1.58. The highest BCUT2D eigenvalue weighted by Gasteiger charge is 2.26. The van der Waals surface area contributed by atoms with E-state index >= 15 is 0 Å². The molecule has 0 saturated carbocycles. The molecule has 1 aromatic carbocycles. The van der Waals surface area contributed by atoms with E-state index in [4.69, 9.17) is 9.47 Å². The van der Waals surface area contributed by atoms with Crippen molar-refractivity contribution >= 4 is 11.6 Å². The monoisotopic (exact) mass is 235 g/mol. The molecule has 1 heterocycles. The molecule has 4 heteroatoms. The molecule has 0 bridgehead atoms. The maximum Gasteiger partial charge on any atom is 0.227 e. The number of methoxy groups -OCH3 is 2. The van der Waals surface area contributed by atoms with Crippen LogP contribution in [0.25, 0.3) is 0 Å². The van der Waals surface area contributed by atoms with Crippen molar-refractivity contribution in [1.29, 1.82) is 0 Å². The van der Waals surface area contributed by atoms with Crippen molar-refractivity contribution in [3.8, 4) is 0 Å². The minimum absolute atomic E-state index is 0.128. The van der Waals surface area contributed by atoms with Gasteiger partial charge in [0, 0.05) is 26.3 Å². The van der Waals surface area contributed by atoms with Crippen LogP contribution in [0, 0.1) is 0 Å². The van der Waals surface area contributed by atoms with Gasteiger partial charge in [-0.1, -0.05) is 18.2 Å². The van der Waals surface area contributed by atoms with E-state index in [9.17, 15) is 4.79 Å². The molecular formula is C13H17NO3. The lowest BCUT2D eigenvalue weighted by molar-refractivity contribution is -0.123. The van der Waals surface area contributed by atoms with Crippen LogP contribution < -0.4 is 4.90 Å². The third-order valence-electron chi connectivity index (χ3n) is 3.05. The maximum atomic E-state index is 11.9. The van der Waals surface area contributed by atoms with Gasteiger partial charge in [0.05, 0.1) is 6.54 Å². The molecule has 1 amide bonds. The van der Waals surface area contributed by atoms with Crippen molar-refractivity contribution in [3.05, 3.63) is 29.8 Å². The Morgan fingerprint density at radius 2 is 1.94 bits per heavy atom. The first kappa shape index (κ1) is 12.1. The Balaban J connectivity index is 2.23. The third-order valence-corrected chi connectivity index (χ3v) is 3.05. The first-order valence-electron chi connectivity index (χ1n) is 5.70. The fourth-order valence-corrected chi connectivity index (χ4v) is 2.09. The molecule has 1 aromatic rings. The second-order valence-corrected chi connectivity index (χ2v) is 4.03. The van der Waals surface area contributed by atoms with E-state index in [0.29, 0.717) is 13.0 Å². The van der Waals surface area contributed by atoms with E-state index in [-0.39, 0.29) is 12.2 Å². The van der Waals surface area contributed by atoms with Crippen LogP contribution in [0.3, 0.4) is 0 Å². The lowest BCUT2D eigenvalue weighted by Gasteiger charge is -2.31. The van der Waals surface area contributed by atoms with E-state index in [0.717, 1.165) is 12.1 Å². The normalized spacial score (nSPS) is 15.2. The summed E-state index contributed by atoms with van der Waals surface area (Å²) in [5.74, 6) is 0.128. The number of ether oxygens (including phenoxy) is 2. The zero-order valence-electron chi connectivity index (χ0n) is 10.2. The third kappa shape index (κ3) is 2.48. The fraction of sp³-hybridized carbons (Fsp3) is 0.462. The summed E-state index contributed by atoms with van der Waals surface area (Å²) in [5, 5.41) is 0. The Bertz CT molecular complexity index is 401. The zero-order valence-corrected chi connectivity index (χ0v) is 10.2. The largest absolute Gasteiger partial charge is 0.354 e. The minimum atomic E-state index is -0.384. The summed E-state index contributed by atoms with van der Waals surface area (Å²) in [4.78, 5) is 13.7. The molecule has 2 rings (SSSR count). The smallest absolute Gasteiger partial charge is 0.227 e. The number of hydrogen-bond donors (Lipinski definition) is 0. The highest BCUT2D eigenvalue weighted by atomic mass is 16.7. The Labute approximate surface area is 101 Å². The van der Waals surface area contributed by atoms with Gasteiger partial charge in [0.1, 0.15) is 0 Å². The number of amides is 1. The number of para-hydroxylation sites is 1. The molecule has 0 aliphatic carbocycles. The van der Waals surface area contributed by atoms with Crippen molar-refractivity contribution in [2.24, 2.45) is 0 Å². The topological polar surface area (TPSA) is 38.8 Å². The molecule has 0 radical (unpaired) electrons. The average molecular weight is 235 g/mol. The summed E-state index contributed by atoms with van der Waals surface area (Å²) >= 11 is 0. The summed E-state index contributed by atoms with van der Waals surface area (Å²) in [5.41, 5.74) is 2.18. The first-order chi connectivity index (χ1) is 8.26. The predicted molar refractivity (Wildman–Crippen MR) is 64.9 cm³/mol. The highest BCUT2D eigenvalue weighted by molar-refractivity contribution is 5.96. The highest BCUT2D eigenvalue weighted by Crippen LogP contribution is 2.27. The lowest BCUT2D eigenvalue weighted by Crippen LogP contribution is -2.41. The van der Waals surface area contributed by atoms with Crippen molar-refractivity contribution in [2.45, 2.75) is 19.1 Å². The Morgan fingerprint density at radius 1 is 1.24 bits per heavy atom. The number of carbonyl (C=O) groups is 1. The lowest BCUT2D eigenvalue weighted by atomic mass is 10.0. The van der Waals surface area contributed by atoms with E-state index in [1.54, 1.807) is 19.1 Å². The zero-order chi connectivity index (χ0) is 12.3. The summed E-state index contributed by atoms with van der Waals surface area (Å²) in [6.07, 6.45) is 0.984. The number of aryl methyl sites for hydroxylation is 1. The van der Waals surface area contributed by atoms with Crippen LogP contribution in [-0.4, -0.2) is 33.0 Å². The van der Waals surface area contributed by atoms with Crippen LogP contribution in [-0.2, 0) is 20.7 Å². The van der Waals surface area contributed by atoms with E-state index in [1.807, 2.05) is 18.2 Å². The van der Waals surface area contributed by atoms with Gasteiger partial charge in [-0.2, -0.15) is 0 Å². The second kappa shape index (κ2) is 5.29. The van der Waals surface area contributed by atoms with Crippen LogP contribution >= 0.6 is 0 Å². The van der Waals surface area contributed by atoms with Gasteiger partial charge in [0.2, 0.25) is 5.91 Å². The average Bonchev–Trinajstić information content (AvgIpc) is 2.38. The molecule has 92 valence electrons. The molecule has 0 aromatic heterocycles. The molecule has 0 saturated heterocycles. The molecular weight excluding hydrogens is 218 g/mol. The summed E-state index contributed by atoms with van der Waals surface area (Å²) < 4.78 is 10.3. The number of rotatable bonds is 4. The SMILES string of the molecule is COC(CN1C(=O)CCc2ccccc21)OC. The second-order valence-electron chi connectivity index (χ2n) is 4.03. The molecule has 0 spiro atoms. The van der Waals surface area contributed by atoms with Crippen molar-refractivity contribution < 1.29 is 14.3 Å². The van der Waals surface area contributed by atoms with Crippen LogP contribution in [0.15, 0.2) is 24.3 Å². The van der Waals surface area contributed by atoms with Crippen molar-refractivity contribution in [1.82, 2.24) is 0 Å². The minimum Gasteiger partial charge on any atom is -0.354 e. The van der Waals surface area contributed by atoms with Gasteiger partial charge >= 0.3 is 0 Å². The van der Waals surface area contributed by atoms with Gasteiger partial charge in [-0.25, -0.2) is 0 Å². The molecule has 0 unspecified atom stereocenters. The molecule has 4 nitrogen and oxygen atoms in total. The van der Waals surface area contributed by atoms with Crippen LogP contribution in [0.2, 0.25) is 0 Å². The quantitative estimate of drug-likeness (QED) is 0.744. The summed E-state index contributed by atoms with van der Waals surface area (Å²) in [6.45, 7) is 0.433. The van der Waals surface area contributed by atoms with Crippen LogP contribution in [0.4, 0.5) is 5.69 Å². The molecule has 17 heavy (non-hydrogen) atoms. The van der Waals surface area contributed by atoms with Gasteiger partial charge in [0.15, 0.2) is 6.29 Å². The molecule has 0 N–H and O–H groups in total. The van der Waals surface area contributed by atoms with Gasteiger partial charge in [-0.05, 0) is 18.1 Å². The molecule has 0 fully saturated rings. The molecule has 1 aliphatic rings. The Morgan fingerprint density at radius 3 is 2.65 bits per heavy atom. The fourth-order valence-electron chi connectivity index (χ4n) is 2.09. The van der Waals surface area contributed by atoms with Gasteiger partial charge in [-0.3, -0.25) is 4.79 Å².